The molecule has 1 atom stereocenters. The van der Waals surface area contributed by atoms with Gasteiger partial charge >= 0.3 is 11.9 Å². The Labute approximate surface area is 133 Å². The fourth-order valence-corrected chi connectivity index (χ4v) is 1.73. The summed E-state index contributed by atoms with van der Waals surface area (Å²) < 4.78 is 9.48. The molecule has 6 nitrogen and oxygen atoms in total. The second-order valence-electron chi connectivity index (χ2n) is 4.18. The van der Waals surface area contributed by atoms with Gasteiger partial charge in [-0.25, -0.2) is 4.79 Å². The number of ether oxygens (including phenoxy) is 2. The lowest BCUT2D eigenvalue weighted by Crippen LogP contribution is -2.15. The zero-order valence-corrected chi connectivity index (χ0v) is 13.0. The second-order valence-corrected chi connectivity index (χ2v) is 4.56. The van der Waals surface area contributed by atoms with Gasteiger partial charge in [0.25, 0.3) is 0 Å². The van der Waals surface area contributed by atoms with Gasteiger partial charge in [-0.15, -0.1) is 0 Å². The van der Waals surface area contributed by atoms with Crippen LogP contribution in [0.2, 0.25) is 5.02 Å². The maximum atomic E-state index is 11.8. The van der Waals surface area contributed by atoms with Crippen molar-refractivity contribution >= 4 is 35.4 Å². The molecule has 0 aromatic heterocycles. The molecule has 0 aliphatic carbocycles. The molecule has 1 aromatic rings. The van der Waals surface area contributed by atoms with E-state index in [1.807, 2.05) is 6.92 Å². The first-order chi connectivity index (χ1) is 10.5. The Morgan fingerprint density at radius 2 is 2.23 bits per heavy atom. The Kier molecular flexibility index (Phi) is 7.06. The summed E-state index contributed by atoms with van der Waals surface area (Å²) in [5.41, 5.74) is 0.438. The standard InChI is InChI=1S/C15H15ClN2O4/c1-3-7-22-15(20)11-5-4-6-12(13(11)16)18-9-10(8-17)14(19)21-2/h4-6,9-10H,3,7H2,1-2H3. The van der Waals surface area contributed by atoms with Crippen molar-refractivity contribution in [2.24, 2.45) is 10.9 Å². The van der Waals surface area contributed by atoms with Crippen molar-refractivity contribution in [2.75, 3.05) is 13.7 Å². The normalized spacial score (nSPS) is 11.7. The Morgan fingerprint density at radius 3 is 2.82 bits per heavy atom. The van der Waals surface area contributed by atoms with Crippen LogP contribution >= 0.6 is 11.6 Å². The number of nitrogens with zero attached hydrogens (tertiary/aromatic N) is 2. The maximum Gasteiger partial charge on any atom is 0.339 e. The van der Waals surface area contributed by atoms with Gasteiger partial charge in [0, 0.05) is 6.21 Å². The number of benzene rings is 1. The molecule has 0 saturated carbocycles. The van der Waals surface area contributed by atoms with Gasteiger partial charge in [-0.3, -0.25) is 9.79 Å². The van der Waals surface area contributed by atoms with E-state index in [-0.39, 0.29) is 16.3 Å². The number of rotatable bonds is 6. The molecule has 7 heteroatoms. The minimum absolute atomic E-state index is 0.0985. The van der Waals surface area contributed by atoms with Crippen molar-refractivity contribution in [1.82, 2.24) is 0 Å². The quantitative estimate of drug-likeness (QED) is 0.593. The molecule has 22 heavy (non-hydrogen) atoms. The summed E-state index contributed by atoms with van der Waals surface area (Å²) in [4.78, 5) is 27.1. The van der Waals surface area contributed by atoms with E-state index in [0.29, 0.717) is 13.0 Å². The third-order valence-corrected chi connectivity index (χ3v) is 2.99. The SMILES string of the molecule is CCCOC(=O)c1cccc(N=CC(C#N)C(=O)OC)c1Cl. The second kappa shape index (κ2) is 8.80. The van der Waals surface area contributed by atoms with E-state index in [0.717, 1.165) is 6.21 Å². The van der Waals surface area contributed by atoms with Crippen LogP contribution in [0.15, 0.2) is 23.2 Å². The van der Waals surface area contributed by atoms with E-state index in [2.05, 4.69) is 9.73 Å². The maximum absolute atomic E-state index is 11.8. The largest absolute Gasteiger partial charge is 0.468 e. The average molecular weight is 323 g/mol. The van der Waals surface area contributed by atoms with Gasteiger partial charge in [-0.05, 0) is 18.6 Å². The Hall–Kier alpha value is -2.39. The highest BCUT2D eigenvalue weighted by Gasteiger charge is 2.17. The number of nitriles is 1. The summed E-state index contributed by atoms with van der Waals surface area (Å²) in [5.74, 6) is -2.41. The number of carbonyl (C=O) groups is 2. The first-order valence-corrected chi connectivity index (χ1v) is 6.90. The number of esters is 2. The minimum atomic E-state index is -1.14. The molecule has 0 amide bonds. The summed E-state index contributed by atoms with van der Waals surface area (Å²) in [6.07, 6.45) is 1.82. The Bertz CT molecular complexity index is 622. The summed E-state index contributed by atoms with van der Waals surface area (Å²) >= 11 is 6.11. The van der Waals surface area contributed by atoms with Crippen LogP contribution in [0, 0.1) is 17.2 Å². The van der Waals surface area contributed by atoms with E-state index in [1.165, 1.54) is 13.2 Å². The number of methoxy groups -OCH3 is 1. The molecule has 1 aromatic carbocycles. The van der Waals surface area contributed by atoms with Crippen LogP contribution < -0.4 is 0 Å². The van der Waals surface area contributed by atoms with Crippen molar-refractivity contribution in [2.45, 2.75) is 13.3 Å². The van der Waals surface area contributed by atoms with Crippen molar-refractivity contribution in [1.29, 1.82) is 5.26 Å². The third kappa shape index (κ3) is 4.57. The fourth-order valence-electron chi connectivity index (χ4n) is 1.48. The zero-order chi connectivity index (χ0) is 16.5. The molecular formula is C15H15ClN2O4. The van der Waals surface area contributed by atoms with Gasteiger partial charge in [0.1, 0.15) is 0 Å². The minimum Gasteiger partial charge on any atom is -0.468 e. The van der Waals surface area contributed by atoms with Crippen LogP contribution in [0.3, 0.4) is 0 Å². The number of halogens is 1. The molecule has 0 N–H and O–H groups in total. The van der Waals surface area contributed by atoms with E-state index in [4.69, 9.17) is 21.6 Å². The summed E-state index contributed by atoms with van der Waals surface area (Å²) in [7, 11) is 1.18. The van der Waals surface area contributed by atoms with Crippen LogP contribution in [0.5, 0.6) is 0 Å². The number of hydrogen-bond donors (Lipinski definition) is 0. The molecule has 0 saturated heterocycles. The van der Waals surface area contributed by atoms with Crippen LogP contribution in [0.4, 0.5) is 5.69 Å². The average Bonchev–Trinajstić information content (AvgIpc) is 2.54. The van der Waals surface area contributed by atoms with E-state index in [9.17, 15) is 9.59 Å². The van der Waals surface area contributed by atoms with Crippen molar-refractivity contribution in [3.8, 4) is 6.07 Å². The lowest BCUT2D eigenvalue weighted by Gasteiger charge is -2.07. The van der Waals surface area contributed by atoms with Crippen LogP contribution in [0.25, 0.3) is 0 Å². The third-order valence-electron chi connectivity index (χ3n) is 2.59. The van der Waals surface area contributed by atoms with Crippen LogP contribution in [-0.2, 0) is 14.3 Å². The highest BCUT2D eigenvalue weighted by Crippen LogP contribution is 2.29. The van der Waals surface area contributed by atoms with Gasteiger partial charge in [0.2, 0.25) is 0 Å². The highest BCUT2D eigenvalue weighted by molar-refractivity contribution is 6.36. The van der Waals surface area contributed by atoms with Crippen LogP contribution in [0.1, 0.15) is 23.7 Å². The van der Waals surface area contributed by atoms with Gasteiger partial charge in [-0.1, -0.05) is 24.6 Å². The van der Waals surface area contributed by atoms with Crippen molar-refractivity contribution in [3.63, 3.8) is 0 Å². The van der Waals surface area contributed by atoms with Gasteiger partial charge < -0.3 is 9.47 Å². The molecular weight excluding hydrogens is 308 g/mol. The van der Waals surface area contributed by atoms with E-state index < -0.39 is 17.9 Å². The molecule has 0 fully saturated rings. The Morgan fingerprint density at radius 1 is 1.50 bits per heavy atom. The predicted octanol–water partition coefficient (Wildman–Crippen LogP) is 2.92. The van der Waals surface area contributed by atoms with Crippen molar-refractivity contribution in [3.05, 3.63) is 28.8 Å². The number of carbonyl (C=O) groups excluding carboxylic acids is 2. The number of aliphatic imine (C=N–C) groups is 1. The van der Waals surface area contributed by atoms with Gasteiger partial charge in [0.05, 0.1) is 36.1 Å². The molecule has 0 spiro atoms. The number of hydrogen-bond acceptors (Lipinski definition) is 6. The molecule has 0 radical (unpaired) electrons. The lowest BCUT2D eigenvalue weighted by molar-refractivity contribution is -0.141. The summed E-state index contributed by atoms with van der Waals surface area (Å²) in [5, 5.41) is 8.96. The monoisotopic (exact) mass is 322 g/mol. The molecule has 1 rings (SSSR count). The molecule has 0 bridgehead atoms. The molecule has 0 aliphatic heterocycles. The Balaban J connectivity index is 3.00. The highest BCUT2D eigenvalue weighted by atomic mass is 35.5. The molecule has 116 valence electrons. The lowest BCUT2D eigenvalue weighted by atomic mass is 10.2. The summed E-state index contributed by atoms with van der Waals surface area (Å²) in [6, 6.07) is 6.41. The first kappa shape index (κ1) is 17.7. The fraction of sp³-hybridized carbons (Fsp3) is 0.333. The first-order valence-electron chi connectivity index (χ1n) is 6.52. The van der Waals surface area contributed by atoms with E-state index in [1.54, 1.807) is 18.2 Å². The van der Waals surface area contributed by atoms with Crippen molar-refractivity contribution < 1.29 is 19.1 Å². The topological polar surface area (TPSA) is 88.8 Å². The zero-order valence-electron chi connectivity index (χ0n) is 12.2. The van der Waals surface area contributed by atoms with Crippen LogP contribution in [-0.4, -0.2) is 31.9 Å². The summed E-state index contributed by atoms with van der Waals surface area (Å²) in [6.45, 7) is 2.17. The van der Waals surface area contributed by atoms with Gasteiger partial charge in [-0.2, -0.15) is 5.26 Å². The molecule has 1 unspecified atom stereocenters. The molecule has 0 aliphatic rings. The smallest absolute Gasteiger partial charge is 0.339 e. The van der Waals surface area contributed by atoms with E-state index >= 15 is 0 Å². The van der Waals surface area contributed by atoms with Gasteiger partial charge in [0.15, 0.2) is 5.92 Å². The molecule has 0 heterocycles. The predicted molar refractivity (Wildman–Crippen MR) is 81.3 cm³/mol.